The number of carboxylic acids is 2. The number of carboxylic acid groups (broad SMARTS) is 2. The minimum Gasteiger partial charge on any atom is -0.481 e. The molecule has 2 amide bonds. The number of carbonyl (C=O) groups excluding carboxylic acids is 2. The molecule has 0 unspecified atom stereocenters. The van der Waals surface area contributed by atoms with Crippen LogP contribution in [0.15, 0.2) is 21.1 Å². The lowest BCUT2D eigenvalue weighted by molar-refractivity contribution is -0.140. The first-order valence-electron chi connectivity index (χ1n) is 19.1. The maximum absolute atomic E-state index is 12.9. The van der Waals surface area contributed by atoms with Crippen LogP contribution in [0, 0.1) is 48.3 Å². The van der Waals surface area contributed by atoms with Crippen LogP contribution in [-0.4, -0.2) is 46.4 Å². The molecule has 4 N–H and O–H groups in total. The third-order valence-corrected chi connectivity index (χ3v) is 14.5. The molecule has 2 heterocycles. The van der Waals surface area contributed by atoms with Crippen molar-refractivity contribution in [3.8, 4) is 11.5 Å². The van der Waals surface area contributed by atoms with Crippen LogP contribution in [0.2, 0.25) is 0 Å². The molecule has 0 radical (unpaired) electrons. The average molecular weight is 877 g/mol. The largest absolute Gasteiger partial charge is 0.481 e. The summed E-state index contributed by atoms with van der Waals surface area (Å²) < 4.78 is 13.5. The Morgan fingerprint density at radius 2 is 1.07 bits per heavy atom. The molecule has 0 spiro atoms. The summed E-state index contributed by atoms with van der Waals surface area (Å²) in [7, 11) is 0. The van der Waals surface area contributed by atoms with Gasteiger partial charge in [0.15, 0.2) is 12.5 Å². The predicted octanol–water partition coefficient (Wildman–Crippen LogP) is 9.71. The molecule has 10 nitrogen and oxygen atoms in total. The summed E-state index contributed by atoms with van der Waals surface area (Å²) in [6.07, 6.45) is 3.03. The lowest BCUT2D eigenvalue weighted by atomic mass is 9.67. The van der Waals surface area contributed by atoms with Gasteiger partial charge in [0.1, 0.15) is 11.5 Å². The van der Waals surface area contributed by atoms with Gasteiger partial charge in [-0.3, -0.25) is 19.2 Å². The zero-order valence-electron chi connectivity index (χ0n) is 33.1. The molecule has 2 saturated carbocycles. The van der Waals surface area contributed by atoms with Crippen LogP contribution in [0.4, 0.5) is 0 Å². The number of hydrogen-bond acceptors (Lipinski definition) is 6. The zero-order chi connectivity index (χ0) is 40.2. The normalized spacial score (nSPS) is 30.0. The molecular weight excluding hydrogens is 820 g/mol. The van der Waals surface area contributed by atoms with Crippen molar-refractivity contribution in [3.05, 3.63) is 54.5 Å². The lowest BCUT2D eigenvalue weighted by Crippen LogP contribution is -2.43. The topological polar surface area (TPSA) is 151 Å². The summed E-state index contributed by atoms with van der Waals surface area (Å²) >= 11 is 7.15. The number of hydrogen-bond donors (Lipinski definition) is 4. The van der Waals surface area contributed by atoms with E-state index in [4.69, 9.17) is 9.47 Å². The van der Waals surface area contributed by atoms with Crippen LogP contribution in [-0.2, 0) is 9.59 Å². The number of halogens is 2. The molecule has 0 saturated heterocycles. The molecule has 2 aliphatic carbocycles. The number of amides is 2. The Kier molecular flexibility index (Phi) is 12.3. The molecule has 6 rings (SSSR count). The van der Waals surface area contributed by atoms with E-state index in [0.29, 0.717) is 46.3 Å². The van der Waals surface area contributed by atoms with Gasteiger partial charge in [-0.05, 0) is 154 Å². The van der Waals surface area contributed by atoms with Crippen molar-refractivity contribution >= 4 is 55.6 Å². The van der Waals surface area contributed by atoms with Gasteiger partial charge in [0.25, 0.3) is 11.8 Å². The van der Waals surface area contributed by atoms with Crippen LogP contribution in [0.25, 0.3) is 0 Å². The zero-order valence-corrected chi connectivity index (χ0v) is 36.3. The molecule has 12 heteroatoms. The van der Waals surface area contributed by atoms with Crippen molar-refractivity contribution in [1.82, 2.24) is 10.6 Å². The minimum atomic E-state index is -0.788. The summed E-state index contributed by atoms with van der Waals surface area (Å²) in [5, 5.41) is 24.8. The Balaban J connectivity index is 0.000000208. The summed E-state index contributed by atoms with van der Waals surface area (Å²) in [4.78, 5) is 49.1. The van der Waals surface area contributed by atoms with Gasteiger partial charge >= 0.3 is 11.9 Å². The Morgan fingerprint density at radius 1 is 0.741 bits per heavy atom. The second-order valence-electron chi connectivity index (χ2n) is 17.4. The summed E-state index contributed by atoms with van der Waals surface area (Å²) in [5.41, 5.74) is 4.18. The number of fused-ring (bicyclic) bond motifs is 2. The molecule has 2 fully saturated rings. The SMILES string of the molecule is Cc1cc([C@H]2[C@@H](C(C)C)CC[C@@]2(C)CC(=O)O)c2c(c1Br)O[C@@H](C)NC2=O.Cc1cc([C@H]2[C@@H](C(C)C)CC[C@@]2(C)CC(=O)O)c2c(c1Br)O[C@@H](C)NC2=O. The van der Waals surface area contributed by atoms with Gasteiger partial charge in [-0.25, -0.2) is 0 Å². The van der Waals surface area contributed by atoms with Gasteiger partial charge in [0, 0.05) is 0 Å². The van der Waals surface area contributed by atoms with E-state index in [-0.39, 0.29) is 36.5 Å². The van der Waals surface area contributed by atoms with Gasteiger partial charge in [0.2, 0.25) is 0 Å². The molecule has 2 aromatic carbocycles. The molecule has 4 aliphatic rings. The second-order valence-corrected chi connectivity index (χ2v) is 19.0. The maximum Gasteiger partial charge on any atom is 0.303 e. The first-order chi connectivity index (χ1) is 25.1. The number of aliphatic carboxylic acids is 2. The van der Waals surface area contributed by atoms with Gasteiger partial charge in [0.05, 0.1) is 32.9 Å². The Hall–Kier alpha value is -3.12. The number of benzene rings is 2. The fraction of sp³-hybridized carbons (Fsp3) is 0.619. The number of ether oxygens (including phenoxy) is 2. The smallest absolute Gasteiger partial charge is 0.303 e. The molecular formula is C42H56Br2N2O8. The van der Waals surface area contributed by atoms with Crippen LogP contribution in [0.5, 0.6) is 11.5 Å². The van der Waals surface area contributed by atoms with Crippen LogP contribution < -0.4 is 20.1 Å². The first kappa shape index (κ1) is 42.0. The molecule has 0 aromatic heterocycles. The number of carbonyl (C=O) groups is 4. The van der Waals surface area contributed by atoms with Crippen molar-refractivity contribution < 1.29 is 38.9 Å². The first-order valence-corrected chi connectivity index (χ1v) is 20.7. The maximum atomic E-state index is 12.9. The highest BCUT2D eigenvalue weighted by atomic mass is 79.9. The predicted molar refractivity (Wildman–Crippen MR) is 214 cm³/mol. The molecule has 2 aromatic rings. The van der Waals surface area contributed by atoms with E-state index in [1.807, 2.05) is 26.0 Å². The second kappa shape index (κ2) is 15.8. The molecule has 54 heavy (non-hydrogen) atoms. The molecule has 8 atom stereocenters. The van der Waals surface area contributed by atoms with Crippen molar-refractivity contribution in [2.24, 2.45) is 34.5 Å². The van der Waals surface area contributed by atoms with E-state index in [1.54, 1.807) is 13.8 Å². The van der Waals surface area contributed by atoms with E-state index in [1.165, 1.54) is 0 Å². The van der Waals surface area contributed by atoms with E-state index in [2.05, 4.69) is 84.0 Å². The number of aryl methyl sites for hydroxylation is 2. The van der Waals surface area contributed by atoms with Crippen LogP contribution in [0.3, 0.4) is 0 Å². The summed E-state index contributed by atoms with van der Waals surface area (Å²) in [5.74, 6) is 0.729. The summed E-state index contributed by atoms with van der Waals surface area (Å²) in [6, 6.07) is 4.10. The van der Waals surface area contributed by atoms with Gasteiger partial charge in [-0.15, -0.1) is 0 Å². The van der Waals surface area contributed by atoms with E-state index < -0.39 is 35.2 Å². The van der Waals surface area contributed by atoms with Crippen molar-refractivity contribution in [3.63, 3.8) is 0 Å². The van der Waals surface area contributed by atoms with Crippen molar-refractivity contribution in [1.29, 1.82) is 0 Å². The molecule has 2 aliphatic heterocycles. The van der Waals surface area contributed by atoms with Crippen molar-refractivity contribution in [2.45, 2.75) is 132 Å². The van der Waals surface area contributed by atoms with Crippen LogP contribution in [0.1, 0.15) is 149 Å². The monoisotopic (exact) mass is 874 g/mol. The molecule has 0 bridgehead atoms. The average Bonchev–Trinajstić information content (AvgIpc) is 3.56. The van der Waals surface area contributed by atoms with Gasteiger partial charge in [-0.1, -0.05) is 53.7 Å². The Bertz CT molecular complexity index is 1710. The minimum absolute atomic E-state index is 0.00286. The Labute approximate surface area is 336 Å². The Morgan fingerprint density at radius 3 is 1.37 bits per heavy atom. The quantitative estimate of drug-likeness (QED) is 0.205. The van der Waals surface area contributed by atoms with Crippen LogP contribution >= 0.6 is 31.9 Å². The highest BCUT2D eigenvalue weighted by molar-refractivity contribution is 9.11. The highest BCUT2D eigenvalue weighted by Crippen LogP contribution is 2.60. The number of nitrogens with one attached hydrogen (secondary N) is 2. The van der Waals surface area contributed by atoms with Crippen molar-refractivity contribution in [2.75, 3.05) is 0 Å². The third-order valence-electron chi connectivity index (χ3n) is 12.5. The fourth-order valence-corrected chi connectivity index (χ4v) is 10.9. The molecule has 296 valence electrons. The van der Waals surface area contributed by atoms with Gasteiger partial charge < -0.3 is 30.3 Å². The fourth-order valence-electron chi connectivity index (χ4n) is 10.1. The number of rotatable bonds is 8. The van der Waals surface area contributed by atoms with Gasteiger partial charge in [-0.2, -0.15) is 0 Å². The van der Waals surface area contributed by atoms with E-state index >= 15 is 0 Å². The highest BCUT2D eigenvalue weighted by Gasteiger charge is 2.51. The standard InChI is InChI=1S/2C21H28BrNO4/c2*1-10(2)13-6-7-21(5,9-15(24)25)17(13)14-8-11(3)18(22)19-16(14)20(26)23-12(4)27-19/h2*8,10,12-13,17H,6-7,9H2,1-5H3,(H,23,26)(H,24,25)/t2*12-,13+,17+,21-/m00/s1. The summed E-state index contributed by atoms with van der Waals surface area (Å²) in [6.45, 7) is 20.4. The van der Waals surface area contributed by atoms with E-state index in [0.717, 1.165) is 56.9 Å². The third kappa shape index (κ3) is 7.93. The van der Waals surface area contributed by atoms with E-state index in [9.17, 15) is 29.4 Å². The lowest BCUT2D eigenvalue weighted by Gasteiger charge is -2.38.